The summed E-state index contributed by atoms with van der Waals surface area (Å²) in [5.74, 6) is -0.111. The van der Waals surface area contributed by atoms with Gasteiger partial charge in [0.05, 0.1) is 5.56 Å². The van der Waals surface area contributed by atoms with Gasteiger partial charge in [0.2, 0.25) is 5.88 Å². The average Bonchev–Trinajstić information content (AvgIpc) is 2.61. The van der Waals surface area contributed by atoms with Crippen LogP contribution in [0.15, 0.2) is 47.5 Å². The SMILES string of the molecule is O=C(NCCCSc1ccc(F)cc1)c1ccc(OCC(F)(F)F)nc1. The lowest BCUT2D eigenvalue weighted by Gasteiger charge is -2.09. The molecule has 1 amide bonds. The largest absolute Gasteiger partial charge is 0.468 e. The maximum atomic E-state index is 12.8. The van der Waals surface area contributed by atoms with Gasteiger partial charge in [-0.3, -0.25) is 4.79 Å². The van der Waals surface area contributed by atoms with Gasteiger partial charge in [-0.15, -0.1) is 11.8 Å². The number of hydrogen-bond acceptors (Lipinski definition) is 4. The van der Waals surface area contributed by atoms with E-state index < -0.39 is 12.8 Å². The molecule has 0 aliphatic rings. The molecule has 0 aliphatic carbocycles. The van der Waals surface area contributed by atoms with Crippen LogP contribution in [0.2, 0.25) is 0 Å². The van der Waals surface area contributed by atoms with E-state index in [1.807, 2.05) is 0 Å². The minimum Gasteiger partial charge on any atom is -0.468 e. The monoisotopic (exact) mass is 388 g/mol. The van der Waals surface area contributed by atoms with Crippen molar-refractivity contribution < 1.29 is 27.1 Å². The third-order valence-corrected chi connectivity index (χ3v) is 4.17. The Kier molecular flexibility index (Phi) is 7.26. The van der Waals surface area contributed by atoms with Gasteiger partial charge in [0, 0.05) is 23.7 Å². The number of halogens is 4. The minimum absolute atomic E-state index is 0.199. The fourth-order valence-corrected chi connectivity index (χ4v) is 2.71. The number of carbonyl (C=O) groups excluding carboxylic acids is 1. The van der Waals surface area contributed by atoms with Crippen LogP contribution in [0, 0.1) is 5.82 Å². The number of nitrogens with one attached hydrogen (secondary N) is 1. The van der Waals surface area contributed by atoms with E-state index in [2.05, 4.69) is 15.0 Å². The van der Waals surface area contributed by atoms with Crippen molar-refractivity contribution in [2.24, 2.45) is 0 Å². The Hall–Kier alpha value is -2.29. The van der Waals surface area contributed by atoms with Gasteiger partial charge in [0.25, 0.3) is 5.91 Å². The predicted molar refractivity (Wildman–Crippen MR) is 89.9 cm³/mol. The van der Waals surface area contributed by atoms with Crippen LogP contribution in [0.4, 0.5) is 17.6 Å². The number of thioether (sulfide) groups is 1. The molecule has 1 aromatic carbocycles. The summed E-state index contributed by atoms with van der Waals surface area (Å²) >= 11 is 1.55. The second kappa shape index (κ2) is 9.42. The van der Waals surface area contributed by atoms with Gasteiger partial charge in [-0.05, 0) is 42.5 Å². The number of alkyl halides is 3. The predicted octanol–water partition coefficient (Wildman–Crippen LogP) is 4.07. The zero-order valence-corrected chi connectivity index (χ0v) is 14.4. The Morgan fingerprint density at radius 1 is 1.15 bits per heavy atom. The van der Waals surface area contributed by atoms with E-state index in [1.165, 1.54) is 24.3 Å². The highest BCUT2D eigenvalue weighted by molar-refractivity contribution is 7.99. The number of pyridine rings is 1. The lowest BCUT2D eigenvalue weighted by Crippen LogP contribution is -2.25. The number of hydrogen-bond donors (Lipinski definition) is 1. The molecule has 0 spiro atoms. The number of benzene rings is 1. The lowest BCUT2D eigenvalue weighted by atomic mass is 10.2. The molecule has 140 valence electrons. The van der Waals surface area contributed by atoms with Gasteiger partial charge < -0.3 is 10.1 Å². The molecule has 2 rings (SSSR count). The fraction of sp³-hybridized carbons (Fsp3) is 0.294. The van der Waals surface area contributed by atoms with E-state index in [0.29, 0.717) is 13.0 Å². The first-order valence-corrected chi connectivity index (χ1v) is 8.64. The summed E-state index contributed by atoms with van der Waals surface area (Å²) in [5.41, 5.74) is 0.232. The van der Waals surface area contributed by atoms with Gasteiger partial charge >= 0.3 is 6.18 Å². The summed E-state index contributed by atoms with van der Waals surface area (Å²) in [7, 11) is 0. The van der Waals surface area contributed by atoms with Gasteiger partial charge in [-0.25, -0.2) is 9.37 Å². The van der Waals surface area contributed by atoms with E-state index >= 15 is 0 Å². The molecule has 0 bridgehead atoms. The molecule has 0 atom stereocenters. The average molecular weight is 388 g/mol. The zero-order valence-electron chi connectivity index (χ0n) is 13.6. The molecule has 4 nitrogen and oxygen atoms in total. The van der Waals surface area contributed by atoms with Crippen molar-refractivity contribution in [1.29, 1.82) is 0 Å². The molecule has 1 N–H and O–H groups in total. The van der Waals surface area contributed by atoms with Crippen molar-refractivity contribution in [3.05, 3.63) is 54.0 Å². The van der Waals surface area contributed by atoms with Crippen molar-refractivity contribution in [1.82, 2.24) is 10.3 Å². The second-order valence-corrected chi connectivity index (χ2v) is 6.37. The number of rotatable bonds is 8. The second-order valence-electron chi connectivity index (χ2n) is 5.20. The molecule has 9 heteroatoms. The number of aromatic nitrogens is 1. The van der Waals surface area contributed by atoms with E-state index in [-0.39, 0.29) is 23.2 Å². The molecule has 0 radical (unpaired) electrons. The van der Waals surface area contributed by atoms with Gasteiger partial charge in [-0.1, -0.05) is 0 Å². The highest BCUT2D eigenvalue weighted by Crippen LogP contribution is 2.19. The molecule has 1 aromatic heterocycles. The van der Waals surface area contributed by atoms with E-state index in [0.717, 1.165) is 16.8 Å². The van der Waals surface area contributed by atoms with Crippen LogP contribution in [0.3, 0.4) is 0 Å². The third-order valence-electron chi connectivity index (χ3n) is 3.07. The van der Waals surface area contributed by atoms with Gasteiger partial charge in [-0.2, -0.15) is 13.2 Å². The highest BCUT2D eigenvalue weighted by atomic mass is 32.2. The maximum absolute atomic E-state index is 12.8. The summed E-state index contributed by atoms with van der Waals surface area (Å²) in [6.07, 6.45) is -2.58. The fourth-order valence-electron chi connectivity index (χ4n) is 1.85. The van der Waals surface area contributed by atoms with Crippen LogP contribution >= 0.6 is 11.8 Å². The maximum Gasteiger partial charge on any atom is 0.422 e. The molecule has 26 heavy (non-hydrogen) atoms. The van der Waals surface area contributed by atoms with Crippen LogP contribution in [0.25, 0.3) is 0 Å². The topological polar surface area (TPSA) is 51.2 Å². The number of nitrogens with zero attached hydrogens (tertiary/aromatic N) is 1. The molecular weight excluding hydrogens is 372 g/mol. The third kappa shape index (κ3) is 7.30. The van der Waals surface area contributed by atoms with E-state index in [9.17, 15) is 22.4 Å². The molecule has 0 aliphatic heterocycles. The number of ether oxygens (including phenoxy) is 1. The summed E-state index contributed by atoms with van der Waals surface area (Å²) in [4.78, 5) is 16.5. The number of amides is 1. The lowest BCUT2D eigenvalue weighted by molar-refractivity contribution is -0.154. The van der Waals surface area contributed by atoms with Crippen LogP contribution in [-0.4, -0.2) is 36.0 Å². The van der Waals surface area contributed by atoms with Crippen molar-refractivity contribution in [3.63, 3.8) is 0 Å². The Morgan fingerprint density at radius 3 is 2.50 bits per heavy atom. The van der Waals surface area contributed by atoms with Crippen LogP contribution in [0.5, 0.6) is 5.88 Å². The Balaban J connectivity index is 1.68. The first-order valence-electron chi connectivity index (χ1n) is 7.66. The molecule has 2 aromatic rings. The smallest absolute Gasteiger partial charge is 0.422 e. The van der Waals surface area contributed by atoms with Crippen molar-refractivity contribution >= 4 is 17.7 Å². The quantitative estimate of drug-likeness (QED) is 0.421. The first-order chi connectivity index (χ1) is 12.3. The van der Waals surface area contributed by atoms with Crippen molar-refractivity contribution in [2.75, 3.05) is 18.9 Å². The van der Waals surface area contributed by atoms with Crippen LogP contribution in [0.1, 0.15) is 16.8 Å². The van der Waals surface area contributed by atoms with Gasteiger partial charge in [0.1, 0.15) is 5.82 Å². The summed E-state index contributed by atoms with van der Waals surface area (Å²) in [6.45, 7) is -1.00. The molecule has 0 fully saturated rings. The summed E-state index contributed by atoms with van der Waals surface area (Å²) in [6, 6.07) is 8.71. The first kappa shape index (κ1) is 20.0. The van der Waals surface area contributed by atoms with Crippen molar-refractivity contribution in [2.45, 2.75) is 17.5 Å². The molecular formula is C17H16F4N2O2S. The van der Waals surface area contributed by atoms with Crippen LogP contribution < -0.4 is 10.1 Å². The van der Waals surface area contributed by atoms with E-state index in [4.69, 9.17) is 0 Å². The molecule has 0 unspecified atom stereocenters. The molecule has 0 saturated carbocycles. The standard InChI is InChI=1S/C17H16F4N2O2S/c18-13-3-5-14(6-4-13)26-9-1-8-22-16(24)12-2-7-15(23-10-12)25-11-17(19,20)21/h2-7,10H,1,8-9,11H2,(H,22,24). The Morgan fingerprint density at radius 2 is 1.88 bits per heavy atom. The zero-order chi connectivity index (χ0) is 19.0. The Labute approximate surface area is 152 Å². The minimum atomic E-state index is -4.44. The van der Waals surface area contributed by atoms with Crippen molar-refractivity contribution in [3.8, 4) is 5.88 Å². The number of carbonyl (C=O) groups is 1. The summed E-state index contributed by atoms with van der Waals surface area (Å²) in [5, 5.41) is 2.70. The molecule has 0 saturated heterocycles. The molecule has 1 heterocycles. The highest BCUT2D eigenvalue weighted by Gasteiger charge is 2.28. The van der Waals surface area contributed by atoms with Crippen LogP contribution in [-0.2, 0) is 0 Å². The van der Waals surface area contributed by atoms with E-state index in [1.54, 1.807) is 23.9 Å². The Bertz CT molecular complexity index is 706. The van der Waals surface area contributed by atoms with Gasteiger partial charge in [0.15, 0.2) is 6.61 Å². The normalized spacial score (nSPS) is 11.2. The summed E-state index contributed by atoms with van der Waals surface area (Å²) < 4.78 is 53.4.